The van der Waals surface area contributed by atoms with Crippen molar-refractivity contribution >= 4 is 34.8 Å². The summed E-state index contributed by atoms with van der Waals surface area (Å²) in [4.78, 5) is 31.8. The van der Waals surface area contributed by atoms with Gasteiger partial charge in [0.2, 0.25) is 5.91 Å². The lowest BCUT2D eigenvalue weighted by Gasteiger charge is -2.24. The van der Waals surface area contributed by atoms with Gasteiger partial charge in [-0.1, -0.05) is 35.1 Å². The molecule has 26 heavy (non-hydrogen) atoms. The lowest BCUT2D eigenvalue weighted by molar-refractivity contribution is -0.122. The molecule has 3 atom stereocenters. The molecule has 2 heterocycles. The SMILES string of the molecule is CCOc1nc(C(=O)N2[C@H](C(N)=O)C[C@H]3C[C@@H]32)c(-c2cccc(Cl)c2)s1. The van der Waals surface area contributed by atoms with Crippen molar-refractivity contribution in [3.63, 3.8) is 0 Å². The first-order chi connectivity index (χ1) is 12.5. The van der Waals surface area contributed by atoms with Gasteiger partial charge in [0.15, 0.2) is 5.69 Å². The molecular formula is C18H18ClN3O3S. The molecule has 1 aliphatic carbocycles. The van der Waals surface area contributed by atoms with Crippen LogP contribution in [0.15, 0.2) is 24.3 Å². The summed E-state index contributed by atoms with van der Waals surface area (Å²) in [5.74, 6) is -0.359. The van der Waals surface area contributed by atoms with Crippen molar-refractivity contribution in [2.45, 2.75) is 31.8 Å². The zero-order valence-electron chi connectivity index (χ0n) is 14.1. The van der Waals surface area contributed by atoms with Crippen LogP contribution in [0.1, 0.15) is 30.3 Å². The smallest absolute Gasteiger partial charge is 0.275 e. The maximum atomic E-state index is 13.3. The highest BCUT2D eigenvalue weighted by atomic mass is 35.5. The summed E-state index contributed by atoms with van der Waals surface area (Å²) in [7, 11) is 0. The van der Waals surface area contributed by atoms with E-state index in [1.54, 1.807) is 17.0 Å². The van der Waals surface area contributed by atoms with Crippen molar-refractivity contribution < 1.29 is 14.3 Å². The van der Waals surface area contributed by atoms with Crippen molar-refractivity contribution in [1.29, 1.82) is 0 Å². The number of nitrogens with zero attached hydrogens (tertiary/aromatic N) is 2. The molecule has 1 aromatic carbocycles. The van der Waals surface area contributed by atoms with Crippen LogP contribution in [0.5, 0.6) is 5.19 Å². The number of ether oxygens (including phenoxy) is 1. The number of aromatic nitrogens is 1. The van der Waals surface area contributed by atoms with Gasteiger partial charge in [-0.05, 0) is 43.4 Å². The van der Waals surface area contributed by atoms with E-state index in [1.807, 2.05) is 19.1 Å². The molecule has 1 aromatic heterocycles. The Morgan fingerprint density at radius 3 is 2.92 bits per heavy atom. The average Bonchev–Trinajstić information content (AvgIpc) is 3.07. The van der Waals surface area contributed by atoms with Gasteiger partial charge >= 0.3 is 0 Å². The Morgan fingerprint density at radius 1 is 1.42 bits per heavy atom. The van der Waals surface area contributed by atoms with Crippen molar-refractivity contribution in [2.24, 2.45) is 11.7 Å². The summed E-state index contributed by atoms with van der Waals surface area (Å²) in [5, 5.41) is 0.999. The van der Waals surface area contributed by atoms with Crippen LogP contribution in [-0.4, -0.2) is 40.4 Å². The Balaban J connectivity index is 1.75. The second-order valence-electron chi connectivity index (χ2n) is 6.53. The molecule has 6 nitrogen and oxygen atoms in total. The average molecular weight is 392 g/mol. The molecule has 0 radical (unpaired) electrons. The summed E-state index contributed by atoms with van der Waals surface area (Å²) >= 11 is 7.41. The lowest BCUT2D eigenvalue weighted by Crippen LogP contribution is -2.46. The number of amides is 2. The second kappa shape index (κ2) is 6.55. The normalized spacial score (nSPS) is 23.6. The first kappa shape index (κ1) is 17.3. The number of benzene rings is 1. The van der Waals surface area contributed by atoms with Crippen LogP contribution in [0.25, 0.3) is 10.4 Å². The van der Waals surface area contributed by atoms with Crippen LogP contribution < -0.4 is 10.5 Å². The summed E-state index contributed by atoms with van der Waals surface area (Å²) in [6, 6.07) is 6.79. The summed E-state index contributed by atoms with van der Waals surface area (Å²) < 4.78 is 5.52. The Kier molecular flexibility index (Phi) is 4.36. The third-order valence-electron chi connectivity index (χ3n) is 4.83. The van der Waals surface area contributed by atoms with Crippen molar-refractivity contribution in [3.8, 4) is 15.6 Å². The van der Waals surface area contributed by atoms with E-state index in [0.29, 0.717) is 39.7 Å². The molecule has 2 N–H and O–H groups in total. The highest BCUT2D eigenvalue weighted by molar-refractivity contribution is 7.17. The highest BCUT2D eigenvalue weighted by Gasteiger charge is 2.56. The van der Waals surface area contributed by atoms with Crippen LogP contribution in [0.3, 0.4) is 0 Å². The number of thiazole rings is 1. The Labute approximate surface area is 159 Å². The molecule has 8 heteroatoms. The number of carbonyl (C=O) groups is 2. The summed E-state index contributed by atoms with van der Waals surface area (Å²) in [5.41, 5.74) is 6.60. The molecule has 4 rings (SSSR count). The van der Waals surface area contributed by atoms with Crippen LogP contribution in [-0.2, 0) is 4.79 Å². The molecular weight excluding hydrogens is 374 g/mol. The number of nitrogens with two attached hydrogens (primary N) is 1. The van der Waals surface area contributed by atoms with Crippen LogP contribution in [0, 0.1) is 5.92 Å². The van der Waals surface area contributed by atoms with Gasteiger partial charge in [-0.25, -0.2) is 0 Å². The van der Waals surface area contributed by atoms with Crippen LogP contribution in [0.2, 0.25) is 5.02 Å². The fraction of sp³-hybridized carbons (Fsp3) is 0.389. The minimum absolute atomic E-state index is 0.0875. The van der Waals surface area contributed by atoms with Gasteiger partial charge < -0.3 is 15.4 Å². The zero-order chi connectivity index (χ0) is 18.4. The molecule has 1 aliphatic heterocycles. The number of carbonyl (C=O) groups excluding carboxylic acids is 2. The quantitative estimate of drug-likeness (QED) is 0.849. The summed E-state index contributed by atoms with van der Waals surface area (Å²) in [6.45, 7) is 2.31. The minimum atomic E-state index is -0.560. The molecule has 2 aliphatic rings. The van der Waals surface area contributed by atoms with Gasteiger partial charge in [0.25, 0.3) is 11.1 Å². The van der Waals surface area contributed by atoms with Gasteiger partial charge in [0.05, 0.1) is 11.5 Å². The van der Waals surface area contributed by atoms with E-state index in [-0.39, 0.29) is 11.9 Å². The predicted octanol–water partition coefficient (Wildman–Crippen LogP) is 2.95. The standard InChI is InChI=1S/C18H18ClN3O3S/c1-2-25-18-21-14(15(26-18)9-4-3-5-11(19)6-9)17(24)22-12-7-10(12)8-13(22)16(20)23/h3-6,10,12-13H,2,7-8H2,1H3,(H2,20,23)/t10-,12+,13+/m1/s1. The molecule has 2 fully saturated rings. The van der Waals surface area contributed by atoms with Crippen molar-refractivity contribution in [3.05, 3.63) is 35.0 Å². The maximum absolute atomic E-state index is 13.3. The lowest BCUT2D eigenvalue weighted by atomic mass is 10.1. The number of hydrogen-bond donors (Lipinski definition) is 1. The number of likely N-dealkylation sites (tertiary alicyclic amines) is 1. The number of rotatable bonds is 5. The Morgan fingerprint density at radius 2 is 2.23 bits per heavy atom. The molecule has 0 bridgehead atoms. The zero-order valence-corrected chi connectivity index (χ0v) is 15.7. The van der Waals surface area contributed by atoms with Crippen molar-refractivity contribution in [2.75, 3.05) is 6.61 Å². The number of hydrogen-bond acceptors (Lipinski definition) is 5. The first-order valence-corrected chi connectivity index (χ1v) is 9.70. The molecule has 1 saturated heterocycles. The fourth-order valence-electron chi connectivity index (χ4n) is 3.58. The molecule has 136 valence electrons. The Hall–Kier alpha value is -2.12. The molecule has 0 spiro atoms. The number of halogens is 1. The third-order valence-corrected chi connectivity index (χ3v) is 6.08. The third kappa shape index (κ3) is 2.95. The summed E-state index contributed by atoms with van der Waals surface area (Å²) in [6.07, 6.45) is 1.56. The van der Waals surface area contributed by atoms with Crippen LogP contribution in [0.4, 0.5) is 0 Å². The monoisotopic (exact) mass is 391 g/mol. The number of primary amides is 1. The van der Waals surface area contributed by atoms with E-state index < -0.39 is 11.9 Å². The first-order valence-electron chi connectivity index (χ1n) is 8.51. The Bertz CT molecular complexity index is 884. The van der Waals surface area contributed by atoms with Crippen LogP contribution >= 0.6 is 22.9 Å². The number of fused-ring (bicyclic) bond motifs is 1. The maximum Gasteiger partial charge on any atom is 0.275 e. The van der Waals surface area contributed by atoms with Gasteiger partial charge in [-0.3, -0.25) is 9.59 Å². The van der Waals surface area contributed by atoms with E-state index in [2.05, 4.69) is 4.98 Å². The number of piperidine rings is 1. The van der Waals surface area contributed by atoms with E-state index in [9.17, 15) is 9.59 Å². The van der Waals surface area contributed by atoms with Gasteiger partial charge in [0, 0.05) is 11.1 Å². The molecule has 2 amide bonds. The largest absolute Gasteiger partial charge is 0.470 e. The molecule has 1 saturated carbocycles. The highest BCUT2D eigenvalue weighted by Crippen LogP contribution is 2.49. The van der Waals surface area contributed by atoms with Crippen molar-refractivity contribution in [1.82, 2.24) is 9.88 Å². The van der Waals surface area contributed by atoms with E-state index in [0.717, 1.165) is 12.0 Å². The van der Waals surface area contributed by atoms with Gasteiger partial charge in [-0.15, -0.1) is 0 Å². The fourth-order valence-corrected chi connectivity index (χ4v) is 4.73. The van der Waals surface area contributed by atoms with E-state index >= 15 is 0 Å². The molecule has 2 aromatic rings. The topological polar surface area (TPSA) is 85.5 Å². The van der Waals surface area contributed by atoms with Gasteiger partial charge in [-0.2, -0.15) is 4.98 Å². The van der Waals surface area contributed by atoms with E-state index in [4.69, 9.17) is 22.1 Å². The van der Waals surface area contributed by atoms with Gasteiger partial charge in [0.1, 0.15) is 6.04 Å². The molecule has 0 unspecified atom stereocenters. The predicted molar refractivity (Wildman–Crippen MR) is 99.4 cm³/mol. The second-order valence-corrected chi connectivity index (χ2v) is 7.93. The minimum Gasteiger partial charge on any atom is -0.470 e. The van der Waals surface area contributed by atoms with E-state index in [1.165, 1.54) is 11.3 Å².